The van der Waals surface area contributed by atoms with E-state index in [9.17, 15) is 9.59 Å². The van der Waals surface area contributed by atoms with Crippen molar-refractivity contribution in [3.63, 3.8) is 0 Å². The predicted molar refractivity (Wildman–Crippen MR) is 88.2 cm³/mol. The smallest absolute Gasteiger partial charge is 0.303 e. The van der Waals surface area contributed by atoms with Gasteiger partial charge in [-0.25, -0.2) is 0 Å². The van der Waals surface area contributed by atoms with Gasteiger partial charge in [0.05, 0.1) is 12.7 Å². The Bertz CT molecular complexity index is 559. The van der Waals surface area contributed by atoms with Gasteiger partial charge in [0.1, 0.15) is 6.10 Å². The molecule has 0 amide bonds. The summed E-state index contributed by atoms with van der Waals surface area (Å²) in [4.78, 5) is 22.6. The van der Waals surface area contributed by atoms with E-state index in [1.165, 1.54) is 6.92 Å². The van der Waals surface area contributed by atoms with Gasteiger partial charge in [0, 0.05) is 12.5 Å². The van der Waals surface area contributed by atoms with E-state index in [0.717, 1.165) is 31.2 Å². The average molecular weight is 316 g/mol. The Morgan fingerprint density at radius 1 is 1.13 bits per heavy atom. The van der Waals surface area contributed by atoms with Gasteiger partial charge in [-0.1, -0.05) is 36.8 Å². The number of benzene rings is 1. The molecule has 1 aromatic carbocycles. The molecule has 4 heteroatoms. The van der Waals surface area contributed by atoms with E-state index < -0.39 is 0 Å². The number of carbonyl (C=O) groups is 2. The van der Waals surface area contributed by atoms with Crippen molar-refractivity contribution in [1.82, 2.24) is 0 Å². The summed E-state index contributed by atoms with van der Waals surface area (Å²) in [7, 11) is 0. The molecule has 2 unspecified atom stereocenters. The highest BCUT2D eigenvalue weighted by molar-refractivity contribution is 5.93. The lowest BCUT2D eigenvalue weighted by molar-refractivity contribution is -0.152. The zero-order chi connectivity index (χ0) is 16.7. The molecule has 0 bridgehead atoms. The van der Waals surface area contributed by atoms with Crippen LogP contribution in [0, 0.1) is 0 Å². The number of ether oxygens (including phenoxy) is 2. The summed E-state index contributed by atoms with van der Waals surface area (Å²) >= 11 is 0. The van der Waals surface area contributed by atoms with Gasteiger partial charge in [-0.3, -0.25) is 9.59 Å². The molecular formula is C19H24O4. The molecule has 0 heterocycles. The van der Waals surface area contributed by atoms with Gasteiger partial charge in [-0.2, -0.15) is 0 Å². The van der Waals surface area contributed by atoms with Crippen molar-refractivity contribution in [3.8, 4) is 0 Å². The summed E-state index contributed by atoms with van der Waals surface area (Å²) in [5.74, 6) is -0.239. The molecule has 23 heavy (non-hydrogen) atoms. The number of hydrogen-bond acceptors (Lipinski definition) is 4. The van der Waals surface area contributed by atoms with Crippen LogP contribution in [0.5, 0.6) is 0 Å². The minimum absolute atomic E-state index is 0.0533. The topological polar surface area (TPSA) is 52.6 Å². The van der Waals surface area contributed by atoms with Crippen LogP contribution < -0.4 is 0 Å². The molecule has 1 aromatic rings. The minimum Gasteiger partial charge on any atom is -0.456 e. The van der Waals surface area contributed by atoms with Crippen LogP contribution in [0.4, 0.5) is 0 Å². The maximum atomic E-state index is 11.3. The van der Waals surface area contributed by atoms with Crippen molar-refractivity contribution in [2.45, 2.75) is 58.3 Å². The fourth-order valence-corrected chi connectivity index (χ4v) is 2.65. The van der Waals surface area contributed by atoms with Crippen LogP contribution in [-0.4, -0.2) is 24.0 Å². The van der Waals surface area contributed by atoms with Crippen molar-refractivity contribution < 1.29 is 19.1 Å². The maximum absolute atomic E-state index is 11.3. The average Bonchev–Trinajstić information content (AvgIpc) is 2.49. The normalized spacial score (nSPS) is 22.7. The summed E-state index contributed by atoms with van der Waals surface area (Å²) in [6.07, 6.45) is 7.58. The molecule has 0 saturated carbocycles. The van der Waals surface area contributed by atoms with E-state index in [1.54, 1.807) is 6.92 Å². The first-order chi connectivity index (χ1) is 11.1. The van der Waals surface area contributed by atoms with Gasteiger partial charge >= 0.3 is 5.97 Å². The third-order valence-electron chi connectivity index (χ3n) is 3.93. The highest BCUT2D eigenvalue weighted by atomic mass is 16.6. The number of allylic oxidation sites excluding steroid dienone is 1. The van der Waals surface area contributed by atoms with Crippen LogP contribution in [0.1, 0.15) is 55.5 Å². The Kier molecular flexibility index (Phi) is 6.53. The molecule has 0 saturated heterocycles. The highest BCUT2D eigenvalue weighted by Gasteiger charge is 2.23. The molecule has 1 aliphatic carbocycles. The van der Waals surface area contributed by atoms with Crippen molar-refractivity contribution in [2.24, 2.45) is 0 Å². The lowest BCUT2D eigenvalue weighted by Crippen LogP contribution is -2.32. The third-order valence-corrected chi connectivity index (χ3v) is 3.93. The third kappa shape index (κ3) is 5.64. The SMILES string of the molecule is CC(=O)OC1/C=C/CCCCC1OCc1ccc(C(C)=O)cc1. The summed E-state index contributed by atoms with van der Waals surface area (Å²) in [5.41, 5.74) is 1.70. The van der Waals surface area contributed by atoms with Crippen LogP contribution in [0.3, 0.4) is 0 Å². The number of hydrogen-bond donors (Lipinski definition) is 0. The van der Waals surface area contributed by atoms with Crippen LogP contribution in [-0.2, 0) is 20.9 Å². The predicted octanol–water partition coefficient (Wildman–Crippen LogP) is 3.84. The number of rotatable bonds is 5. The van der Waals surface area contributed by atoms with Crippen molar-refractivity contribution in [1.29, 1.82) is 0 Å². The van der Waals surface area contributed by atoms with Crippen LogP contribution in [0.25, 0.3) is 0 Å². The van der Waals surface area contributed by atoms with Gasteiger partial charge in [0.25, 0.3) is 0 Å². The Morgan fingerprint density at radius 2 is 1.87 bits per heavy atom. The molecule has 0 aromatic heterocycles. The van der Waals surface area contributed by atoms with E-state index in [0.29, 0.717) is 12.2 Å². The molecule has 0 aliphatic heterocycles. The highest BCUT2D eigenvalue weighted by Crippen LogP contribution is 2.20. The Labute approximate surface area is 137 Å². The molecule has 2 atom stereocenters. The van der Waals surface area contributed by atoms with Crippen LogP contribution in [0.15, 0.2) is 36.4 Å². The van der Waals surface area contributed by atoms with Crippen molar-refractivity contribution >= 4 is 11.8 Å². The molecule has 0 spiro atoms. The van der Waals surface area contributed by atoms with Gasteiger partial charge in [0.15, 0.2) is 5.78 Å². The lowest BCUT2D eigenvalue weighted by Gasteiger charge is -2.26. The number of carbonyl (C=O) groups excluding carboxylic acids is 2. The summed E-state index contributed by atoms with van der Waals surface area (Å²) in [5, 5.41) is 0. The summed E-state index contributed by atoms with van der Waals surface area (Å²) < 4.78 is 11.4. The van der Waals surface area contributed by atoms with Gasteiger partial charge in [-0.15, -0.1) is 0 Å². The van der Waals surface area contributed by atoms with Gasteiger partial charge in [0.2, 0.25) is 0 Å². The second-order valence-corrected chi connectivity index (χ2v) is 5.89. The van der Waals surface area contributed by atoms with Gasteiger partial charge < -0.3 is 9.47 Å². The van der Waals surface area contributed by atoms with Gasteiger partial charge in [-0.05, 0) is 37.8 Å². The lowest BCUT2D eigenvalue weighted by atomic mass is 10.0. The molecule has 4 nitrogen and oxygen atoms in total. The Morgan fingerprint density at radius 3 is 2.52 bits per heavy atom. The maximum Gasteiger partial charge on any atom is 0.303 e. The number of ketones is 1. The largest absolute Gasteiger partial charge is 0.456 e. The fourth-order valence-electron chi connectivity index (χ4n) is 2.65. The molecule has 124 valence electrons. The second-order valence-electron chi connectivity index (χ2n) is 5.89. The summed E-state index contributed by atoms with van der Waals surface area (Å²) in [6, 6.07) is 7.41. The second kappa shape index (κ2) is 8.63. The fraction of sp³-hybridized carbons (Fsp3) is 0.474. The number of esters is 1. The Balaban J connectivity index is 1.99. The van der Waals surface area contributed by atoms with E-state index in [1.807, 2.05) is 30.3 Å². The molecule has 0 fully saturated rings. The standard InChI is InChI=1S/C19H24O4/c1-14(20)17-11-9-16(10-12-17)13-22-18-7-5-3-4-6-8-19(18)23-15(2)21/h6,8-12,18-19H,3-5,7,13H2,1-2H3/b8-6+. The van der Waals surface area contributed by atoms with E-state index in [2.05, 4.69) is 6.08 Å². The first-order valence-electron chi connectivity index (χ1n) is 8.11. The molecule has 2 rings (SSSR count). The van der Waals surface area contributed by atoms with Crippen molar-refractivity contribution in [2.75, 3.05) is 0 Å². The van der Waals surface area contributed by atoms with Crippen molar-refractivity contribution in [3.05, 3.63) is 47.5 Å². The zero-order valence-electron chi connectivity index (χ0n) is 13.8. The quantitative estimate of drug-likeness (QED) is 0.470. The summed E-state index contributed by atoms with van der Waals surface area (Å²) in [6.45, 7) is 3.41. The van der Waals surface area contributed by atoms with E-state index in [-0.39, 0.29) is 24.0 Å². The molecular weight excluding hydrogens is 292 g/mol. The monoisotopic (exact) mass is 316 g/mol. The molecule has 1 aliphatic rings. The van der Waals surface area contributed by atoms with Crippen LogP contribution in [0.2, 0.25) is 0 Å². The van der Waals surface area contributed by atoms with E-state index >= 15 is 0 Å². The zero-order valence-corrected chi connectivity index (χ0v) is 13.8. The Hall–Kier alpha value is -1.94. The first kappa shape index (κ1) is 17.4. The van der Waals surface area contributed by atoms with E-state index in [4.69, 9.17) is 9.47 Å². The number of Topliss-reactive ketones (excluding diaryl/α,β-unsaturated/α-hetero) is 1. The molecule has 0 N–H and O–H groups in total. The molecule has 0 radical (unpaired) electrons. The minimum atomic E-state index is -0.329. The first-order valence-corrected chi connectivity index (χ1v) is 8.11. The van der Waals surface area contributed by atoms with Crippen LogP contribution >= 0.6 is 0 Å².